The largest absolute Gasteiger partial charge is 0.478 e. The van der Waals surface area contributed by atoms with Gasteiger partial charge >= 0.3 is 0 Å². The van der Waals surface area contributed by atoms with E-state index in [1.165, 1.54) is 18.3 Å². The lowest BCUT2D eigenvalue weighted by Gasteiger charge is -2.25. The van der Waals surface area contributed by atoms with Gasteiger partial charge in [-0.3, -0.25) is 19.1 Å². The van der Waals surface area contributed by atoms with Crippen LogP contribution in [0, 0.1) is 5.41 Å². The van der Waals surface area contributed by atoms with Crippen LogP contribution >= 0.6 is 0 Å². The van der Waals surface area contributed by atoms with Gasteiger partial charge in [0.1, 0.15) is 5.82 Å². The molecule has 0 saturated heterocycles. The van der Waals surface area contributed by atoms with E-state index in [4.69, 9.17) is 4.74 Å². The number of nitrogens with one attached hydrogen (secondary N) is 4. The van der Waals surface area contributed by atoms with E-state index in [0.29, 0.717) is 41.5 Å². The molecule has 5 rings (SSSR count). The van der Waals surface area contributed by atoms with Crippen molar-refractivity contribution in [2.24, 2.45) is 5.41 Å². The van der Waals surface area contributed by atoms with Crippen LogP contribution in [0.3, 0.4) is 0 Å². The van der Waals surface area contributed by atoms with Crippen LogP contribution in [0.25, 0.3) is 22.3 Å². The second-order valence-electron chi connectivity index (χ2n) is 12.6. The Bertz CT molecular complexity index is 2050. The van der Waals surface area contributed by atoms with Gasteiger partial charge in [-0.2, -0.15) is 8.42 Å². The number of unbranched alkanes of at least 4 members (excludes halogenated alkanes) is 1. The van der Waals surface area contributed by atoms with Crippen molar-refractivity contribution in [3.05, 3.63) is 131 Å². The second kappa shape index (κ2) is 16.4. The van der Waals surface area contributed by atoms with Crippen LogP contribution in [0.1, 0.15) is 49.0 Å². The minimum atomic E-state index is -4.34. The van der Waals surface area contributed by atoms with Crippen molar-refractivity contribution in [3.63, 3.8) is 0 Å². The fraction of sp³-hybridized carbons (Fsp3) is 0.237. The molecule has 0 unspecified atom stereocenters. The molecule has 0 radical (unpaired) electrons. The summed E-state index contributed by atoms with van der Waals surface area (Å²) in [5, 5.41) is 2.99. The fourth-order valence-electron chi connectivity index (χ4n) is 5.41. The molecular formula is C38H41N5O6S. The summed E-state index contributed by atoms with van der Waals surface area (Å²) >= 11 is 0. The van der Waals surface area contributed by atoms with Crippen molar-refractivity contribution in [2.75, 3.05) is 18.6 Å². The molecule has 260 valence electrons. The SMILES string of the molecule is CC(C)(CCCCOc1[nH]c(=O)c(-c2ccccc2)cc1-c1ccccc1)CNC(=O)c1ccc(NNCc2ccccc2S(=O)(=O)O)nc1. The first-order valence-corrected chi connectivity index (χ1v) is 17.7. The number of aromatic nitrogens is 2. The molecule has 0 atom stereocenters. The highest BCUT2D eigenvalue weighted by Gasteiger charge is 2.20. The minimum Gasteiger partial charge on any atom is -0.478 e. The molecule has 2 heterocycles. The fourth-order valence-corrected chi connectivity index (χ4v) is 6.14. The molecule has 3 aromatic carbocycles. The van der Waals surface area contributed by atoms with Gasteiger partial charge in [0.25, 0.3) is 21.6 Å². The summed E-state index contributed by atoms with van der Waals surface area (Å²) in [6.45, 7) is 5.19. The maximum atomic E-state index is 13.0. The number of hydrazine groups is 1. The van der Waals surface area contributed by atoms with Crippen molar-refractivity contribution >= 4 is 21.8 Å². The number of carbonyl (C=O) groups is 1. The molecule has 0 bridgehead atoms. The monoisotopic (exact) mass is 695 g/mol. The Labute approximate surface area is 291 Å². The van der Waals surface area contributed by atoms with Crippen LogP contribution in [0.4, 0.5) is 5.82 Å². The number of nitrogens with zero attached hydrogens (tertiary/aromatic N) is 1. The standard InChI is InChI=1S/C38H41N5O6S/c1-38(2,26-40-35(44)30-19-20-34(39-24-30)43-41-25-29-17-9-10-18-33(29)50(46,47)48)21-11-12-22-49-37-32(28-15-7-4-8-16-28)23-31(36(45)42-37)27-13-5-3-6-14-27/h3-10,13-20,23-24,41H,11-12,21-22,25-26H2,1-2H3,(H,39,43)(H,40,44)(H,42,45)(H,46,47,48). The minimum absolute atomic E-state index is 0.108. The Kier molecular flexibility index (Phi) is 11.8. The third-order valence-electron chi connectivity index (χ3n) is 8.17. The molecule has 5 N–H and O–H groups in total. The molecule has 0 saturated carbocycles. The second-order valence-corrected chi connectivity index (χ2v) is 14.0. The highest BCUT2D eigenvalue weighted by molar-refractivity contribution is 7.85. The van der Waals surface area contributed by atoms with Gasteiger partial charge in [0.05, 0.1) is 17.1 Å². The Morgan fingerprint density at radius 3 is 2.20 bits per heavy atom. The quantitative estimate of drug-likeness (QED) is 0.0442. The zero-order chi connectivity index (χ0) is 35.6. The predicted octanol–water partition coefficient (Wildman–Crippen LogP) is 6.47. The number of carbonyl (C=O) groups excluding carboxylic acids is 1. The van der Waals surface area contributed by atoms with Gasteiger partial charge in [-0.05, 0) is 65.6 Å². The van der Waals surface area contributed by atoms with Gasteiger partial charge in [0.2, 0.25) is 5.88 Å². The zero-order valence-electron chi connectivity index (χ0n) is 28.0. The van der Waals surface area contributed by atoms with E-state index in [2.05, 4.69) is 40.0 Å². The average molecular weight is 696 g/mol. The Balaban J connectivity index is 1.08. The Hall–Kier alpha value is -5.30. The van der Waals surface area contributed by atoms with Crippen LogP contribution in [0.2, 0.25) is 0 Å². The number of benzene rings is 3. The molecular weight excluding hydrogens is 655 g/mol. The number of H-pyrrole nitrogens is 1. The summed E-state index contributed by atoms with van der Waals surface area (Å²) < 4.78 is 38.7. The topological polar surface area (TPSA) is 163 Å². The van der Waals surface area contributed by atoms with Crippen molar-refractivity contribution in [3.8, 4) is 28.1 Å². The van der Waals surface area contributed by atoms with Crippen molar-refractivity contribution in [1.82, 2.24) is 20.7 Å². The van der Waals surface area contributed by atoms with E-state index in [-0.39, 0.29) is 28.3 Å². The molecule has 0 fully saturated rings. The number of hydrogen-bond acceptors (Lipinski definition) is 8. The van der Waals surface area contributed by atoms with Gasteiger partial charge in [-0.15, -0.1) is 0 Å². The Morgan fingerprint density at radius 2 is 1.54 bits per heavy atom. The highest BCUT2D eigenvalue weighted by atomic mass is 32.2. The van der Waals surface area contributed by atoms with Gasteiger partial charge < -0.3 is 15.5 Å². The van der Waals surface area contributed by atoms with Crippen molar-refractivity contribution in [2.45, 2.75) is 44.6 Å². The Morgan fingerprint density at radius 1 is 0.880 bits per heavy atom. The summed E-state index contributed by atoms with van der Waals surface area (Å²) in [7, 11) is -4.34. The third kappa shape index (κ3) is 9.88. The smallest absolute Gasteiger partial charge is 0.294 e. The van der Waals surface area contributed by atoms with E-state index in [1.807, 2.05) is 66.7 Å². The number of aromatic amines is 1. The lowest BCUT2D eigenvalue weighted by molar-refractivity contribution is 0.0933. The van der Waals surface area contributed by atoms with E-state index >= 15 is 0 Å². The number of rotatable bonds is 16. The van der Waals surface area contributed by atoms with E-state index < -0.39 is 10.1 Å². The molecule has 12 heteroatoms. The molecule has 0 aliphatic carbocycles. The average Bonchev–Trinajstić information content (AvgIpc) is 3.11. The first kappa shape index (κ1) is 36.0. The van der Waals surface area contributed by atoms with Gasteiger partial charge in [-0.1, -0.05) is 92.7 Å². The first-order valence-electron chi connectivity index (χ1n) is 16.3. The third-order valence-corrected chi connectivity index (χ3v) is 9.12. The molecule has 50 heavy (non-hydrogen) atoms. The van der Waals surface area contributed by atoms with E-state index in [1.54, 1.807) is 24.3 Å². The number of ether oxygens (including phenoxy) is 1. The molecule has 2 aromatic heterocycles. The van der Waals surface area contributed by atoms with Crippen LogP contribution < -0.4 is 26.5 Å². The van der Waals surface area contributed by atoms with Gasteiger partial charge in [-0.25, -0.2) is 10.4 Å². The van der Waals surface area contributed by atoms with Crippen LogP contribution in [0.5, 0.6) is 5.88 Å². The normalized spacial score (nSPS) is 11.6. The molecule has 5 aromatic rings. The first-order chi connectivity index (χ1) is 24.0. The molecule has 0 spiro atoms. The van der Waals surface area contributed by atoms with Gasteiger partial charge in [0, 0.05) is 30.4 Å². The number of amides is 1. The van der Waals surface area contributed by atoms with Crippen molar-refractivity contribution < 1.29 is 22.5 Å². The lowest BCUT2D eigenvalue weighted by atomic mass is 9.87. The van der Waals surface area contributed by atoms with Crippen LogP contribution in [0.15, 0.2) is 119 Å². The lowest BCUT2D eigenvalue weighted by Crippen LogP contribution is -2.34. The highest BCUT2D eigenvalue weighted by Crippen LogP contribution is 2.31. The number of pyridine rings is 2. The summed E-state index contributed by atoms with van der Waals surface area (Å²) in [4.78, 5) is 32.9. The number of anilines is 1. The summed E-state index contributed by atoms with van der Waals surface area (Å²) in [5.74, 6) is 0.632. The zero-order valence-corrected chi connectivity index (χ0v) is 28.8. The molecule has 0 aliphatic heterocycles. The van der Waals surface area contributed by atoms with Gasteiger partial charge in [0.15, 0.2) is 0 Å². The molecule has 1 amide bonds. The summed E-state index contributed by atoms with van der Waals surface area (Å²) in [6, 6.07) is 30.7. The maximum absolute atomic E-state index is 13.0. The van der Waals surface area contributed by atoms with Crippen LogP contribution in [-0.2, 0) is 16.7 Å². The summed E-state index contributed by atoms with van der Waals surface area (Å²) in [5.41, 5.74) is 9.33. The van der Waals surface area contributed by atoms with E-state index in [9.17, 15) is 22.6 Å². The van der Waals surface area contributed by atoms with E-state index in [0.717, 1.165) is 36.0 Å². The summed E-state index contributed by atoms with van der Waals surface area (Å²) in [6.07, 6.45) is 3.93. The van der Waals surface area contributed by atoms with Crippen LogP contribution in [-0.4, -0.2) is 42.0 Å². The predicted molar refractivity (Wildman–Crippen MR) is 194 cm³/mol. The maximum Gasteiger partial charge on any atom is 0.294 e. The number of hydrogen-bond donors (Lipinski definition) is 5. The molecule has 0 aliphatic rings. The molecule has 11 nitrogen and oxygen atoms in total. The van der Waals surface area contributed by atoms with Crippen molar-refractivity contribution in [1.29, 1.82) is 0 Å².